The largest absolute Gasteiger partial charge is 0.496 e. The summed E-state index contributed by atoms with van der Waals surface area (Å²) in [5, 5.41) is 6.79. The predicted octanol–water partition coefficient (Wildman–Crippen LogP) is 2.32. The summed E-state index contributed by atoms with van der Waals surface area (Å²) in [6, 6.07) is 8.31. The first kappa shape index (κ1) is 17.6. The van der Waals surface area contributed by atoms with Gasteiger partial charge in [0.1, 0.15) is 5.75 Å². The number of aliphatic imine (C=N–C) groups is 1. The van der Waals surface area contributed by atoms with Gasteiger partial charge in [-0.2, -0.15) is 0 Å². The smallest absolute Gasteiger partial charge is 0.191 e. The summed E-state index contributed by atoms with van der Waals surface area (Å²) in [5.74, 6) is 1.83. The summed E-state index contributed by atoms with van der Waals surface area (Å²) in [7, 11) is 3.54. The number of methoxy groups -OCH3 is 1. The van der Waals surface area contributed by atoms with Crippen LogP contribution in [-0.4, -0.2) is 46.4 Å². The van der Waals surface area contributed by atoms with Crippen LogP contribution in [0, 0.1) is 0 Å². The van der Waals surface area contributed by atoms with Gasteiger partial charge in [-0.05, 0) is 32.3 Å². The van der Waals surface area contributed by atoms with Gasteiger partial charge in [0.2, 0.25) is 0 Å². The Morgan fingerprint density at radius 2 is 2.04 bits per heavy atom. The molecule has 0 unspecified atom stereocenters. The lowest BCUT2D eigenvalue weighted by Crippen LogP contribution is -2.41. The summed E-state index contributed by atoms with van der Waals surface area (Å²) in [5.41, 5.74) is 1.47. The summed E-state index contributed by atoms with van der Waals surface area (Å²) < 4.78 is 10.9. The molecule has 1 aliphatic carbocycles. The number of nitrogens with one attached hydrogen (secondary N) is 2. The molecule has 2 N–H and O–H groups in total. The fraction of sp³-hybridized carbons (Fsp3) is 0.611. The van der Waals surface area contributed by atoms with Crippen molar-refractivity contribution in [2.45, 2.75) is 31.6 Å². The van der Waals surface area contributed by atoms with Crippen molar-refractivity contribution >= 4 is 5.96 Å². The minimum Gasteiger partial charge on any atom is -0.496 e. The molecule has 0 heterocycles. The van der Waals surface area contributed by atoms with E-state index in [4.69, 9.17) is 9.47 Å². The Labute approximate surface area is 139 Å². The SMILES string of the molecule is CCOCCCNC(=NC)NCC1(c2ccccc2OC)CC1. The molecule has 1 saturated carbocycles. The number of benzene rings is 1. The topological polar surface area (TPSA) is 54.9 Å². The molecular weight excluding hydrogens is 290 g/mol. The van der Waals surface area contributed by atoms with Crippen LogP contribution < -0.4 is 15.4 Å². The normalized spacial score (nSPS) is 16.0. The fourth-order valence-corrected chi connectivity index (χ4v) is 2.77. The average molecular weight is 319 g/mol. The van der Waals surface area contributed by atoms with Crippen LogP contribution in [0.15, 0.2) is 29.3 Å². The van der Waals surface area contributed by atoms with Gasteiger partial charge in [0, 0.05) is 44.3 Å². The quantitative estimate of drug-likeness (QED) is 0.417. The summed E-state index contributed by atoms with van der Waals surface area (Å²) in [6.45, 7) is 5.31. The number of rotatable bonds is 9. The minimum atomic E-state index is 0.176. The number of nitrogens with zero attached hydrogens (tertiary/aromatic N) is 1. The highest BCUT2D eigenvalue weighted by Crippen LogP contribution is 2.50. The van der Waals surface area contributed by atoms with Crippen molar-refractivity contribution in [1.29, 1.82) is 0 Å². The molecule has 0 radical (unpaired) electrons. The summed E-state index contributed by atoms with van der Waals surface area (Å²) in [6.07, 6.45) is 3.34. The average Bonchev–Trinajstić information content (AvgIpc) is 3.38. The number of ether oxygens (including phenoxy) is 2. The van der Waals surface area contributed by atoms with Crippen molar-refractivity contribution < 1.29 is 9.47 Å². The molecule has 0 aromatic heterocycles. The standard InChI is InChI=1S/C18H29N3O2/c1-4-23-13-7-12-20-17(19-2)21-14-18(10-11-18)15-8-5-6-9-16(15)22-3/h5-6,8-9H,4,7,10-14H2,1-3H3,(H2,19,20,21). The Bertz CT molecular complexity index is 513. The Kier molecular flexibility index (Phi) is 6.71. The highest BCUT2D eigenvalue weighted by atomic mass is 16.5. The zero-order valence-electron chi connectivity index (χ0n) is 14.5. The molecule has 1 aliphatic rings. The first-order valence-electron chi connectivity index (χ1n) is 8.41. The third kappa shape index (κ3) is 4.86. The van der Waals surface area contributed by atoms with E-state index >= 15 is 0 Å². The van der Waals surface area contributed by atoms with E-state index in [1.165, 1.54) is 18.4 Å². The summed E-state index contributed by atoms with van der Waals surface area (Å²) in [4.78, 5) is 4.30. The van der Waals surface area contributed by atoms with E-state index in [0.29, 0.717) is 0 Å². The lowest BCUT2D eigenvalue weighted by atomic mass is 9.95. The van der Waals surface area contributed by atoms with Gasteiger partial charge in [0.15, 0.2) is 5.96 Å². The van der Waals surface area contributed by atoms with Crippen LogP contribution in [0.1, 0.15) is 31.7 Å². The van der Waals surface area contributed by atoms with E-state index in [1.807, 2.05) is 19.1 Å². The van der Waals surface area contributed by atoms with Gasteiger partial charge in [0.25, 0.3) is 0 Å². The molecule has 0 amide bonds. The van der Waals surface area contributed by atoms with Crippen LogP contribution >= 0.6 is 0 Å². The second-order valence-electron chi connectivity index (χ2n) is 5.88. The van der Waals surface area contributed by atoms with Crippen molar-refractivity contribution in [2.75, 3.05) is 40.5 Å². The van der Waals surface area contributed by atoms with Crippen LogP contribution in [0.5, 0.6) is 5.75 Å². The molecule has 1 fully saturated rings. The number of para-hydroxylation sites is 1. The zero-order chi connectivity index (χ0) is 16.5. The molecule has 0 spiro atoms. The molecule has 23 heavy (non-hydrogen) atoms. The van der Waals surface area contributed by atoms with Crippen LogP contribution in [0.4, 0.5) is 0 Å². The Morgan fingerprint density at radius 3 is 2.70 bits per heavy atom. The van der Waals surface area contributed by atoms with Gasteiger partial charge in [-0.3, -0.25) is 4.99 Å². The molecule has 1 aromatic rings. The highest BCUT2D eigenvalue weighted by Gasteiger charge is 2.45. The second-order valence-corrected chi connectivity index (χ2v) is 5.88. The Balaban J connectivity index is 1.84. The maximum Gasteiger partial charge on any atom is 0.191 e. The Morgan fingerprint density at radius 1 is 1.26 bits per heavy atom. The molecule has 5 nitrogen and oxygen atoms in total. The van der Waals surface area contributed by atoms with Crippen molar-refractivity contribution in [3.05, 3.63) is 29.8 Å². The van der Waals surface area contributed by atoms with Gasteiger partial charge in [-0.25, -0.2) is 0 Å². The molecule has 0 saturated heterocycles. The van der Waals surface area contributed by atoms with E-state index < -0.39 is 0 Å². The van der Waals surface area contributed by atoms with E-state index in [0.717, 1.165) is 44.4 Å². The fourth-order valence-electron chi connectivity index (χ4n) is 2.77. The van der Waals surface area contributed by atoms with E-state index in [1.54, 1.807) is 14.2 Å². The lowest BCUT2D eigenvalue weighted by Gasteiger charge is -2.21. The van der Waals surface area contributed by atoms with Crippen LogP contribution in [-0.2, 0) is 10.2 Å². The van der Waals surface area contributed by atoms with E-state index in [-0.39, 0.29) is 5.41 Å². The van der Waals surface area contributed by atoms with Crippen molar-refractivity contribution in [3.8, 4) is 5.75 Å². The molecule has 2 rings (SSSR count). The molecule has 1 aromatic carbocycles. The molecule has 0 atom stereocenters. The number of hydrogen-bond acceptors (Lipinski definition) is 3. The second kappa shape index (κ2) is 8.77. The van der Waals surface area contributed by atoms with Gasteiger partial charge in [0.05, 0.1) is 7.11 Å². The third-order valence-corrected chi connectivity index (χ3v) is 4.31. The number of guanidine groups is 1. The van der Waals surface area contributed by atoms with Crippen LogP contribution in [0.2, 0.25) is 0 Å². The number of hydrogen-bond donors (Lipinski definition) is 2. The van der Waals surface area contributed by atoms with Gasteiger partial charge in [-0.15, -0.1) is 0 Å². The van der Waals surface area contributed by atoms with E-state index in [2.05, 4.69) is 27.8 Å². The van der Waals surface area contributed by atoms with Crippen LogP contribution in [0.25, 0.3) is 0 Å². The monoisotopic (exact) mass is 319 g/mol. The minimum absolute atomic E-state index is 0.176. The maximum atomic E-state index is 5.52. The Hall–Kier alpha value is -1.75. The molecule has 0 bridgehead atoms. The third-order valence-electron chi connectivity index (χ3n) is 4.31. The van der Waals surface area contributed by atoms with Crippen molar-refractivity contribution in [1.82, 2.24) is 10.6 Å². The first-order chi connectivity index (χ1) is 11.3. The van der Waals surface area contributed by atoms with E-state index in [9.17, 15) is 0 Å². The first-order valence-corrected chi connectivity index (χ1v) is 8.41. The molecule has 128 valence electrons. The molecular formula is C18H29N3O2. The highest BCUT2D eigenvalue weighted by molar-refractivity contribution is 5.79. The maximum absolute atomic E-state index is 5.52. The molecule has 5 heteroatoms. The van der Waals surface area contributed by atoms with Gasteiger partial charge >= 0.3 is 0 Å². The van der Waals surface area contributed by atoms with Crippen molar-refractivity contribution in [2.24, 2.45) is 4.99 Å². The van der Waals surface area contributed by atoms with Crippen molar-refractivity contribution in [3.63, 3.8) is 0 Å². The van der Waals surface area contributed by atoms with Gasteiger partial charge in [-0.1, -0.05) is 18.2 Å². The van der Waals surface area contributed by atoms with Gasteiger partial charge < -0.3 is 20.1 Å². The molecule has 0 aliphatic heterocycles. The predicted molar refractivity (Wildman–Crippen MR) is 94.4 cm³/mol. The zero-order valence-corrected chi connectivity index (χ0v) is 14.5. The lowest BCUT2D eigenvalue weighted by molar-refractivity contribution is 0.145. The summed E-state index contributed by atoms with van der Waals surface area (Å²) >= 11 is 0. The van der Waals surface area contributed by atoms with Crippen LogP contribution in [0.3, 0.4) is 0 Å².